The van der Waals surface area contributed by atoms with Crippen molar-refractivity contribution in [3.63, 3.8) is 0 Å². The highest BCUT2D eigenvalue weighted by molar-refractivity contribution is 7.07. The second-order valence-electron chi connectivity index (χ2n) is 8.85. The third-order valence-corrected chi connectivity index (χ3v) is 7.43. The maximum atomic E-state index is 13.7. The SMILES string of the molecule is CCc1cccc(CC)c1NC(=O)C(C#N)=c1sc(=Cc2ccc(C)cc2C)c(=O)n1-c1ccccc1. The van der Waals surface area contributed by atoms with Crippen LogP contribution in [0.2, 0.25) is 0 Å². The highest BCUT2D eigenvalue weighted by Gasteiger charge is 2.19. The molecule has 4 aromatic rings. The Morgan fingerprint density at radius 2 is 1.68 bits per heavy atom. The second-order valence-corrected chi connectivity index (χ2v) is 9.88. The number of nitrogens with zero attached hydrogens (tertiary/aromatic N) is 2. The Kier molecular flexibility index (Phi) is 7.86. The lowest BCUT2D eigenvalue weighted by molar-refractivity contribution is -0.111. The lowest BCUT2D eigenvalue weighted by Gasteiger charge is -2.14. The number of carbonyl (C=O) groups is 1. The molecule has 1 amide bonds. The summed E-state index contributed by atoms with van der Waals surface area (Å²) >= 11 is 1.15. The van der Waals surface area contributed by atoms with E-state index in [0.717, 1.165) is 57.7 Å². The van der Waals surface area contributed by atoms with E-state index < -0.39 is 5.91 Å². The summed E-state index contributed by atoms with van der Waals surface area (Å²) in [6, 6.07) is 23.2. The minimum atomic E-state index is -0.526. The van der Waals surface area contributed by atoms with Gasteiger partial charge < -0.3 is 5.32 Å². The van der Waals surface area contributed by atoms with E-state index in [1.165, 1.54) is 4.57 Å². The van der Waals surface area contributed by atoms with Crippen LogP contribution in [0, 0.1) is 25.2 Å². The first kappa shape index (κ1) is 25.9. The molecule has 5 nitrogen and oxygen atoms in total. The average Bonchev–Trinajstić information content (AvgIpc) is 3.21. The fourth-order valence-corrected chi connectivity index (χ4v) is 5.46. The number of nitrogens with one attached hydrogen (secondary N) is 1. The molecule has 37 heavy (non-hydrogen) atoms. The predicted octanol–water partition coefficient (Wildman–Crippen LogP) is 4.78. The highest BCUT2D eigenvalue weighted by atomic mass is 32.1. The van der Waals surface area contributed by atoms with Crippen molar-refractivity contribution in [1.82, 2.24) is 4.57 Å². The number of benzene rings is 3. The number of amides is 1. The van der Waals surface area contributed by atoms with Crippen LogP contribution < -0.4 is 20.1 Å². The Morgan fingerprint density at radius 3 is 2.27 bits per heavy atom. The molecule has 0 saturated heterocycles. The normalized spacial score (nSPS) is 12.2. The monoisotopic (exact) mass is 507 g/mol. The summed E-state index contributed by atoms with van der Waals surface area (Å²) in [5, 5.41) is 13.1. The summed E-state index contributed by atoms with van der Waals surface area (Å²) in [7, 11) is 0. The standard InChI is InChI=1S/C31H29N3O2S/c1-5-22-11-10-12-23(6-2)28(22)33-29(35)26(19-32)31-34(25-13-8-7-9-14-25)30(36)27(37-31)18-24-16-15-20(3)17-21(24)4/h7-18H,5-6H2,1-4H3,(H,33,35). The first-order chi connectivity index (χ1) is 17.9. The lowest BCUT2D eigenvalue weighted by Crippen LogP contribution is -2.32. The number of anilines is 1. The maximum absolute atomic E-state index is 13.7. The first-order valence-electron chi connectivity index (χ1n) is 12.3. The maximum Gasteiger partial charge on any atom is 0.273 e. The summed E-state index contributed by atoms with van der Waals surface area (Å²) in [6.07, 6.45) is 3.32. The molecule has 186 valence electrons. The fraction of sp³-hybridized carbons (Fsp3) is 0.194. The van der Waals surface area contributed by atoms with Gasteiger partial charge >= 0.3 is 0 Å². The molecule has 6 heteroatoms. The minimum absolute atomic E-state index is 0.0980. The van der Waals surface area contributed by atoms with Gasteiger partial charge in [0, 0.05) is 5.69 Å². The van der Waals surface area contributed by atoms with Gasteiger partial charge in [0.25, 0.3) is 11.5 Å². The van der Waals surface area contributed by atoms with Crippen molar-refractivity contribution in [2.45, 2.75) is 40.5 Å². The van der Waals surface area contributed by atoms with E-state index in [1.54, 1.807) is 12.1 Å². The van der Waals surface area contributed by atoms with Gasteiger partial charge in [0.05, 0.1) is 10.2 Å². The van der Waals surface area contributed by atoms with Gasteiger partial charge in [0.15, 0.2) is 5.57 Å². The lowest BCUT2D eigenvalue weighted by atomic mass is 10.0. The Morgan fingerprint density at radius 1 is 1.00 bits per heavy atom. The van der Waals surface area contributed by atoms with Crippen LogP contribution in [-0.4, -0.2) is 10.5 Å². The molecule has 0 unspecified atom stereocenters. The van der Waals surface area contributed by atoms with Crippen molar-refractivity contribution in [1.29, 1.82) is 5.26 Å². The summed E-state index contributed by atoms with van der Waals surface area (Å²) in [5.41, 5.74) is 6.07. The van der Waals surface area contributed by atoms with Crippen molar-refractivity contribution in [3.05, 3.63) is 114 Å². The summed E-state index contributed by atoms with van der Waals surface area (Å²) in [6.45, 7) is 8.08. The largest absolute Gasteiger partial charge is 0.321 e. The zero-order valence-electron chi connectivity index (χ0n) is 21.5. The van der Waals surface area contributed by atoms with Crippen LogP contribution in [-0.2, 0) is 17.6 Å². The molecule has 0 saturated carbocycles. The predicted molar refractivity (Wildman–Crippen MR) is 151 cm³/mol. The number of carbonyl (C=O) groups excluding carboxylic acids is 1. The number of thiazole rings is 1. The number of aromatic nitrogens is 1. The number of aryl methyl sites for hydroxylation is 4. The zero-order valence-corrected chi connectivity index (χ0v) is 22.3. The third-order valence-electron chi connectivity index (χ3n) is 6.34. The smallest absolute Gasteiger partial charge is 0.273 e. The van der Waals surface area contributed by atoms with Crippen molar-refractivity contribution in [2.75, 3.05) is 5.32 Å². The van der Waals surface area contributed by atoms with E-state index in [0.29, 0.717) is 14.9 Å². The number of para-hydroxylation sites is 2. The van der Waals surface area contributed by atoms with Gasteiger partial charge in [-0.05, 0) is 67.2 Å². The fourth-order valence-electron chi connectivity index (χ4n) is 4.37. The number of nitriles is 1. The van der Waals surface area contributed by atoms with Crippen molar-refractivity contribution >= 4 is 34.6 Å². The molecular weight excluding hydrogens is 478 g/mol. The molecule has 0 aliphatic rings. The Hall–Kier alpha value is -4.21. The molecule has 4 rings (SSSR count). The number of rotatable bonds is 6. The van der Waals surface area contributed by atoms with Crippen molar-refractivity contribution < 1.29 is 4.79 Å². The van der Waals surface area contributed by atoms with Crippen LogP contribution in [0.3, 0.4) is 0 Å². The molecule has 0 bridgehead atoms. The quantitative estimate of drug-likeness (QED) is 0.408. The summed E-state index contributed by atoms with van der Waals surface area (Å²) < 4.78 is 2.22. The van der Waals surface area contributed by atoms with Crippen LogP contribution in [0.15, 0.2) is 71.5 Å². The van der Waals surface area contributed by atoms with Gasteiger partial charge in [-0.3, -0.25) is 14.2 Å². The van der Waals surface area contributed by atoms with E-state index in [4.69, 9.17) is 0 Å². The van der Waals surface area contributed by atoms with Crippen LogP contribution in [0.4, 0.5) is 5.69 Å². The van der Waals surface area contributed by atoms with Crippen LogP contribution in [0.25, 0.3) is 17.3 Å². The second kappa shape index (κ2) is 11.2. The van der Waals surface area contributed by atoms with Crippen LogP contribution >= 0.6 is 11.3 Å². The van der Waals surface area contributed by atoms with E-state index in [1.807, 2.05) is 82.3 Å². The zero-order chi connectivity index (χ0) is 26.5. The average molecular weight is 508 g/mol. The topological polar surface area (TPSA) is 74.9 Å². The van der Waals surface area contributed by atoms with Crippen molar-refractivity contribution in [2.24, 2.45) is 0 Å². The molecule has 0 aliphatic heterocycles. The van der Waals surface area contributed by atoms with Gasteiger partial charge in [-0.25, -0.2) is 0 Å². The summed E-state index contributed by atoms with van der Waals surface area (Å²) in [4.78, 5) is 27.2. The van der Waals surface area contributed by atoms with Crippen LogP contribution in [0.5, 0.6) is 0 Å². The highest BCUT2D eigenvalue weighted by Crippen LogP contribution is 2.23. The minimum Gasteiger partial charge on any atom is -0.321 e. The van der Waals surface area contributed by atoms with Gasteiger partial charge in [-0.15, -0.1) is 11.3 Å². The van der Waals surface area contributed by atoms with Gasteiger partial charge in [-0.2, -0.15) is 5.26 Å². The molecule has 1 heterocycles. The molecule has 0 radical (unpaired) electrons. The van der Waals surface area contributed by atoms with Crippen LogP contribution in [0.1, 0.15) is 41.7 Å². The first-order valence-corrected chi connectivity index (χ1v) is 13.1. The third kappa shape index (κ3) is 5.32. The van der Waals surface area contributed by atoms with Gasteiger partial charge in [-0.1, -0.05) is 74.0 Å². The molecular formula is C31H29N3O2S. The van der Waals surface area contributed by atoms with Crippen molar-refractivity contribution in [3.8, 4) is 11.8 Å². The van der Waals surface area contributed by atoms with E-state index in [2.05, 4.69) is 17.5 Å². The van der Waals surface area contributed by atoms with E-state index >= 15 is 0 Å². The molecule has 3 aromatic carbocycles. The molecule has 0 spiro atoms. The van der Waals surface area contributed by atoms with E-state index in [9.17, 15) is 14.9 Å². The Labute approximate surface area is 220 Å². The molecule has 1 N–H and O–H groups in total. The Balaban J connectivity index is 1.97. The molecule has 0 fully saturated rings. The Bertz CT molecular complexity index is 1670. The van der Waals surface area contributed by atoms with Gasteiger partial charge in [0.2, 0.25) is 0 Å². The molecule has 0 atom stereocenters. The molecule has 0 aliphatic carbocycles. The number of hydrogen-bond donors (Lipinski definition) is 1. The summed E-state index contributed by atoms with van der Waals surface area (Å²) in [5.74, 6) is -0.526. The number of hydrogen-bond acceptors (Lipinski definition) is 4. The molecule has 1 aromatic heterocycles. The van der Waals surface area contributed by atoms with Gasteiger partial charge in [0.1, 0.15) is 10.7 Å². The van der Waals surface area contributed by atoms with E-state index in [-0.39, 0.29) is 11.1 Å².